The molecule has 0 radical (unpaired) electrons. The predicted octanol–water partition coefficient (Wildman–Crippen LogP) is 1.73. The molecule has 2 N–H and O–H groups in total. The minimum Gasteiger partial charge on any atom is -0.372 e. The molecule has 3 rings (SSSR count). The van der Waals surface area contributed by atoms with E-state index >= 15 is 0 Å². The zero-order valence-corrected chi connectivity index (χ0v) is 13.3. The van der Waals surface area contributed by atoms with Crippen LogP contribution in [-0.2, 0) is 16.1 Å². The van der Waals surface area contributed by atoms with E-state index in [1.807, 2.05) is 6.07 Å². The molecule has 1 atom stereocenters. The molecule has 2 aromatic rings. The Morgan fingerprint density at radius 1 is 1.24 bits per heavy atom. The standard InChI is InChI=1S/C18H17FN2O4/c19-25-15-8-4-5-13(11-15)12-20-16(22)18(24)9-10-21(17(18)23)14-6-2-1-3-7-14/h1-8,11,24H,9-10,12H2,(H,20,22)/t18-/m0/s1. The van der Waals surface area contributed by atoms with Crippen LogP contribution in [0, 0.1) is 0 Å². The van der Waals surface area contributed by atoms with Crippen LogP contribution < -0.4 is 15.2 Å². The lowest BCUT2D eigenvalue weighted by atomic mass is 10.0. The van der Waals surface area contributed by atoms with Crippen LogP contribution in [-0.4, -0.2) is 29.1 Å². The summed E-state index contributed by atoms with van der Waals surface area (Å²) >= 11 is 0. The summed E-state index contributed by atoms with van der Waals surface area (Å²) in [6.45, 7) is 0.287. The van der Waals surface area contributed by atoms with E-state index in [-0.39, 0.29) is 25.3 Å². The van der Waals surface area contributed by atoms with Gasteiger partial charge in [-0.3, -0.25) is 14.5 Å². The third kappa shape index (κ3) is 3.32. The second-order valence-electron chi connectivity index (χ2n) is 5.81. The number of para-hydroxylation sites is 1. The van der Waals surface area contributed by atoms with Gasteiger partial charge in [-0.2, -0.15) is 0 Å². The van der Waals surface area contributed by atoms with Crippen molar-refractivity contribution >= 4 is 17.5 Å². The van der Waals surface area contributed by atoms with Gasteiger partial charge in [0, 0.05) is 29.7 Å². The fourth-order valence-electron chi connectivity index (χ4n) is 2.80. The molecule has 0 unspecified atom stereocenters. The molecule has 1 saturated heterocycles. The number of rotatable bonds is 5. The van der Waals surface area contributed by atoms with E-state index in [0.29, 0.717) is 11.3 Å². The van der Waals surface area contributed by atoms with Crippen molar-refractivity contribution in [3.05, 3.63) is 60.2 Å². The maximum atomic E-state index is 12.5. The molecular formula is C18H17FN2O4. The highest BCUT2D eigenvalue weighted by atomic mass is 19.3. The van der Waals surface area contributed by atoms with Crippen molar-refractivity contribution in [2.45, 2.75) is 18.6 Å². The minimum absolute atomic E-state index is 0.000190. The fourth-order valence-corrected chi connectivity index (χ4v) is 2.80. The van der Waals surface area contributed by atoms with Crippen LogP contribution in [0.3, 0.4) is 0 Å². The summed E-state index contributed by atoms with van der Waals surface area (Å²) in [5, 5.41) is 13.1. The van der Waals surface area contributed by atoms with Crippen molar-refractivity contribution in [1.82, 2.24) is 5.32 Å². The molecular weight excluding hydrogens is 327 g/mol. The Labute approximate surface area is 143 Å². The van der Waals surface area contributed by atoms with Gasteiger partial charge in [0.15, 0.2) is 5.75 Å². The van der Waals surface area contributed by atoms with Crippen LogP contribution in [0.1, 0.15) is 12.0 Å². The van der Waals surface area contributed by atoms with Crippen molar-refractivity contribution < 1.29 is 24.2 Å². The highest BCUT2D eigenvalue weighted by Crippen LogP contribution is 2.28. The molecule has 25 heavy (non-hydrogen) atoms. The van der Waals surface area contributed by atoms with Crippen molar-refractivity contribution in [2.75, 3.05) is 11.4 Å². The molecule has 1 aliphatic rings. The third-order valence-corrected chi connectivity index (χ3v) is 4.18. The van der Waals surface area contributed by atoms with Gasteiger partial charge in [0.2, 0.25) is 5.60 Å². The Morgan fingerprint density at radius 3 is 2.72 bits per heavy atom. The fraction of sp³-hybridized carbons (Fsp3) is 0.222. The SMILES string of the molecule is O=C(NCc1cccc(OF)c1)[C@@]1(O)CCN(c2ccccc2)C1=O. The van der Waals surface area contributed by atoms with Gasteiger partial charge in [0.25, 0.3) is 11.8 Å². The molecule has 1 fully saturated rings. The van der Waals surface area contributed by atoms with Crippen LogP contribution in [0.15, 0.2) is 54.6 Å². The molecule has 0 aliphatic carbocycles. The lowest BCUT2D eigenvalue weighted by Gasteiger charge is -2.21. The van der Waals surface area contributed by atoms with Gasteiger partial charge < -0.3 is 15.3 Å². The Balaban J connectivity index is 1.68. The third-order valence-electron chi connectivity index (χ3n) is 4.18. The Bertz CT molecular complexity index is 784. The van der Waals surface area contributed by atoms with E-state index in [9.17, 15) is 19.2 Å². The summed E-state index contributed by atoms with van der Waals surface area (Å²) in [4.78, 5) is 29.9. The average Bonchev–Trinajstić information content (AvgIpc) is 2.97. The molecule has 0 spiro atoms. The Morgan fingerprint density at radius 2 is 2.00 bits per heavy atom. The lowest BCUT2D eigenvalue weighted by molar-refractivity contribution is -0.149. The monoisotopic (exact) mass is 344 g/mol. The summed E-state index contributed by atoms with van der Waals surface area (Å²) in [5.41, 5.74) is -0.897. The average molecular weight is 344 g/mol. The Kier molecular flexibility index (Phi) is 4.67. The number of carbonyl (C=O) groups excluding carboxylic acids is 2. The first-order valence-electron chi connectivity index (χ1n) is 7.80. The largest absolute Gasteiger partial charge is 0.372 e. The number of amides is 2. The highest BCUT2D eigenvalue weighted by Gasteiger charge is 2.51. The number of aliphatic hydroxyl groups is 1. The van der Waals surface area contributed by atoms with Gasteiger partial charge in [-0.05, 0) is 29.8 Å². The quantitative estimate of drug-likeness (QED) is 0.810. The van der Waals surface area contributed by atoms with Gasteiger partial charge >= 0.3 is 0 Å². The van der Waals surface area contributed by atoms with Crippen LogP contribution in [0.4, 0.5) is 10.2 Å². The summed E-state index contributed by atoms with van der Waals surface area (Å²) in [6, 6.07) is 14.9. The number of anilines is 1. The van der Waals surface area contributed by atoms with Crippen molar-refractivity contribution in [3.63, 3.8) is 0 Å². The summed E-state index contributed by atoms with van der Waals surface area (Å²) in [6.07, 6.45) is 0.000190. The molecule has 0 saturated carbocycles. The first-order valence-corrected chi connectivity index (χ1v) is 7.80. The maximum Gasteiger partial charge on any atom is 0.268 e. The van der Waals surface area contributed by atoms with Gasteiger partial charge in [-0.15, -0.1) is 0 Å². The van der Waals surface area contributed by atoms with E-state index in [1.165, 1.54) is 17.0 Å². The first kappa shape index (κ1) is 16.9. The topological polar surface area (TPSA) is 78.9 Å². The predicted molar refractivity (Wildman–Crippen MR) is 88.4 cm³/mol. The van der Waals surface area contributed by atoms with Gasteiger partial charge in [0.05, 0.1) is 0 Å². The van der Waals surface area contributed by atoms with Crippen molar-refractivity contribution in [2.24, 2.45) is 0 Å². The van der Waals surface area contributed by atoms with Crippen LogP contribution in [0.5, 0.6) is 5.75 Å². The zero-order chi connectivity index (χ0) is 17.9. The number of halogens is 1. The van der Waals surface area contributed by atoms with Gasteiger partial charge in [-0.25, -0.2) is 0 Å². The highest BCUT2D eigenvalue weighted by molar-refractivity contribution is 6.16. The number of hydrogen-bond acceptors (Lipinski definition) is 4. The van der Waals surface area contributed by atoms with Crippen LogP contribution in [0.2, 0.25) is 0 Å². The maximum absolute atomic E-state index is 12.5. The van der Waals surface area contributed by atoms with Gasteiger partial charge in [-0.1, -0.05) is 30.3 Å². The second-order valence-corrected chi connectivity index (χ2v) is 5.81. The van der Waals surface area contributed by atoms with Gasteiger partial charge in [0.1, 0.15) is 0 Å². The summed E-state index contributed by atoms with van der Waals surface area (Å²) in [7, 11) is 0. The van der Waals surface area contributed by atoms with Crippen molar-refractivity contribution in [3.8, 4) is 5.75 Å². The Hall–Kier alpha value is -2.93. The van der Waals surface area contributed by atoms with E-state index in [0.717, 1.165) is 0 Å². The molecule has 0 bridgehead atoms. The molecule has 6 nitrogen and oxygen atoms in total. The molecule has 130 valence electrons. The summed E-state index contributed by atoms with van der Waals surface area (Å²) in [5.74, 6) is -1.42. The van der Waals surface area contributed by atoms with Crippen molar-refractivity contribution in [1.29, 1.82) is 0 Å². The number of nitrogens with zero attached hydrogens (tertiary/aromatic N) is 1. The van der Waals surface area contributed by atoms with Crippen LogP contribution in [0.25, 0.3) is 0 Å². The molecule has 2 amide bonds. The number of hydrogen-bond donors (Lipinski definition) is 2. The molecule has 1 aliphatic heterocycles. The van der Waals surface area contributed by atoms with E-state index in [1.54, 1.807) is 36.4 Å². The van der Waals surface area contributed by atoms with E-state index < -0.39 is 17.4 Å². The molecule has 7 heteroatoms. The van der Waals surface area contributed by atoms with E-state index in [4.69, 9.17) is 0 Å². The first-order chi connectivity index (χ1) is 12.0. The molecule has 1 heterocycles. The second kappa shape index (κ2) is 6.90. The lowest BCUT2D eigenvalue weighted by Crippen LogP contribution is -2.52. The zero-order valence-electron chi connectivity index (χ0n) is 13.3. The smallest absolute Gasteiger partial charge is 0.268 e. The van der Waals surface area contributed by atoms with E-state index in [2.05, 4.69) is 10.3 Å². The summed E-state index contributed by atoms with van der Waals surface area (Å²) < 4.78 is 12.2. The minimum atomic E-state index is -2.11. The molecule has 0 aromatic heterocycles. The number of benzene rings is 2. The number of nitrogens with one attached hydrogen (secondary N) is 1. The van der Waals surface area contributed by atoms with Crippen LogP contribution >= 0.6 is 0 Å². The molecule has 2 aromatic carbocycles. The normalized spacial score (nSPS) is 19.8. The number of carbonyl (C=O) groups is 2.